The predicted octanol–water partition coefficient (Wildman–Crippen LogP) is 4.53. The molecule has 2 aliphatic rings. The second kappa shape index (κ2) is 5.96. The van der Waals surface area contributed by atoms with Crippen LogP contribution < -0.4 is 10.1 Å². The molecule has 4 rings (SSSR count). The van der Waals surface area contributed by atoms with Gasteiger partial charge in [0.05, 0.1) is 18.7 Å². The molecule has 0 unspecified atom stereocenters. The number of rotatable bonds is 3. The number of carbonyl (C=O) groups is 1. The highest BCUT2D eigenvalue weighted by Gasteiger charge is 2.39. The van der Waals surface area contributed by atoms with E-state index in [0.717, 1.165) is 29.0 Å². The lowest BCUT2D eigenvalue weighted by Crippen LogP contribution is -2.30. The van der Waals surface area contributed by atoms with Crippen molar-refractivity contribution in [1.29, 1.82) is 0 Å². The fourth-order valence-corrected chi connectivity index (χ4v) is 4.28. The number of methoxy groups -OCH3 is 1. The fraction of sp³-hybridized carbons (Fsp3) is 0.286. The van der Waals surface area contributed by atoms with Crippen LogP contribution in [0.2, 0.25) is 0 Å². The van der Waals surface area contributed by atoms with Crippen LogP contribution in [0.1, 0.15) is 45.4 Å². The standard InChI is InChI=1S/C21H21NO3/c1-12-13(21(23)24)10-11-16-14-7-5-8-15(14)20(22-19(12)16)17-6-3-4-9-18(17)25-2/h3-7,9-11,14-15,20,22H,8H2,1-2H3,(H,23,24)/t14-,15+,20-/m1/s1. The van der Waals surface area contributed by atoms with Gasteiger partial charge < -0.3 is 15.2 Å². The summed E-state index contributed by atoms with van der Waals surface area (Å²) in [7, 11) is 1.69. The van der Waals surface area contributed by atoms with E-state index in [-0.39, 0.29) is 6.04 Å². The number of benzene rings is 2. The number of allylic oxidation sites excluding steroid dienone is 2. The zero-order valence-electron chi connectivity index (χ0n) is 14.3. The molecule has 1 aliphatic carbocycles. The summed E-state index contributed by atoms with van der Waals surface area (Å²) >= 11 is 0. The van der Waals surface area contributed by atoms with E-state index in [1.165, 1.54) is 5.56 Å². The van der Waals surface area contributed by atoms with Gasteiger partial charge in [-0.2, -0.15) is 0 Å². The van der Waals surface area contributed by atoms with Crippen LogP contribution in [0.3, 0.4) is 0 Å². The molecule has 25 heavy (non-hydrogen) atoms. The number of para-hydroxylation sites is 1. The average Bonchev–Trinajstić information content (AvgIpc) is 3.11. The van der Waals surface area contributed by atoms with Gasteiger partial charge in [-0.15, -0.1) is 0 Å². The van der Waals surface area contributed by atoms with Gasteiger partial charge in [-0.25, -0.2) is 4.79 Å². The highest BCUT2D eigenvalue weighted by Crippen LogP contribution is 2.52. The van der Waals surface area contributed by atoms with Gasteiger partial charge in [0.2, 0.25) is 0 Å². The van der Waals surface area contributed by atoms with Crippen LogP contribution in [0.4, 0.5) is 5.69 Å². The minimum absolute atomic E-state index is 0.0893. The maximum Gasteiger partial charge on any atom is 0.336 e. The predicted molar refractivity (Wildman–Crippen MR) is 97.5 cm³/mol. The summed E-state index contributed by atoms with van der Waals surface area (Å²) in [6.07, 6.45) is 5.49. The molecule has 4 nitrogen and oxygen atoms in total. The van der Waals surface area contributed by atoms with Crippen LogP contribution in [0.25, 0.3) is 0 Å². The lowest BCUT2D eigenvalue weighted by Gasteiger charge is -2.39. The molecule has 0 amide bonds. The molecule has 3 atom stereocenters. The lowest BCUT2D eigenvalue weighted by molar-refractivity contribution is 0.0696. The Morgan fingerprint density at radius 2 is 2.00 bits per heavy atom. The smallest absolute Gasteiger partial charge is 0.336 e. The van der Waals surface area contributed by atoms with Gasteiger partial charge in [0.15, 0.2) is 0 Å². The highest BCUT2D eigenvalue weighted by molar-refractivity contribution is 5.92. The molecule has 1 aliphatic heterocycles. The van der Waals surface area contributed by atoms with Crippen molar-refractivity contribution in [1.82, 2.24) is 0 Å². The first-order chi connectivity index (χ1) is 12.1. The third kappa shape index (κ3) is 2.40. The minimum Gasteiger partial charge on any atom is -0.496 e. The molecule has 0 bridgehead atoms. The molecule has 0 fully saturated rings. The first-order valence-corrected chi connectivity index (χ1v) is 8.54. The fourth-order valence-electron chi connectivity index (χ4n) is 4.28. The number of fused-ring (bicyclic) bond motifs is 3. The Kier molecular flexibility index (Phi) is 3.75. The summed E-state index contributed by atoms with van der Waals surface area (Å²) in [5, 5.41) is 13.1. The Labute approximate surface area is 147 Å². The Hall–Kier alpha value is -2.75. The summed E-state index contributed by atoms with van der Waals surface area (Å²) < 4.78 is 5.57. The van der Waals surface area contributed by atoms with Crippen LogP contribution in [-0.4, -0.2) is 18.2 Å². The van der Waals surface area contributed by atoms with E-state index >= 15 is 0 Å². The second-order valence-corrected chi connectivity index (χ2v) is 6.72. The summed E-state index contributed by atoms with van der Waals surface area (Å²) in [6, 6.07) is 11.8. The number of nitrogens with one attached hydrogen (secondary N) is 1. The molecule has 0 radical (unpaired) electrons. The van der Waals surface area contributed by atoms with Crippen molar-refractivity contribution in [3.63, 3.8) is 0 Å². The molecule has 4 heteroatoms. The summed E-state index contributed by atoms with van der Waals surface area (Å²) in [5.74, 6) is 0.674. The Bertz CT molecular complexity index is 871. The third-order valence-corrected chi connectivity index (χ3v) is 5.50. The number of anilines is 1. The summed E-state index contributed by atoms with van der Waals surface area (Å²) in [4.78, 5) is 11.5. The van der Waals surface area contributed by atoms with Crippen molar-refractivity contribution in [3.05, 3.63) is 70.8 Å². The number of hydrogen-bond donors (Lipinski definition) is 2. The van der Waals surface area contributed by atoms with Crippen molar-refractivity contribution in [2.24, 2.45) is 5.92 Å². The third-order valence-electron chi connectivity index (χ3n) is 5.50. The van der Waals surface area contributed by atoms with E-state index in [9.17, 15) is 9.90 Å². The van der Waals surface area contributed by atoms with Crippen molar-refractivity contribution in [2.75, 3.05) is 12.4 Å². The maximum atomic E-state index is 11.5. The molecule has 0 spiro atoms. The highest BCUT2D eigenvalue weighted by atomic mass is 16.5. The summed E-state index contributed by atoms with van der Waals surface area (Å²) in [6.45, 7) is 1.88. The van der Waals surface area contributed by atoms with Gasteiger partial charge >= 0.3 is 5.97 Å². The van der Waals surface area contributed by atoms with Gasteiger partial charge in [-0.05, 0) is 42.5 Å². The van der Waals surface area contributed by atoms with Gasteiger partial charge in [-0.3, -0.25) is 0 Å². The van der Waals surface area contributed by atoms with Crippen molar-refractivity contribution in [2.45, 2.75) is 25.3 Å². The molecular formula is C21H21NO3. The van der Waals surface area contributed by atoms with E-state index < -0.39 is 5.97 Å². The number of ether oxygens (including phenoxy) is 1. The molecule has 0 saturated heterocycles. The molecule has 0 saturated carbocycles. The van der Waals surface area contributed by atoms with Crippen LogP contribution >= 0.6 is 0 Å². The number of carboxylic acids is 1. The van der Waals surface area contributed by atoms with Crippen LogP contribution in [0.15, 0.2) is 48.6 Å². The van der Waals surface area contributed by atoms with Crippen molar-refractivity contribution >= 4 is 11.7 Å². The molecule has 2 aromatic rings. The van der Waals surface area contributed by atoms with Gasteiger partial charge in [0, 0.05) is 17.2 Å². The van der Waals surface area contributed by atoms with E-state index in [0.29, 0.717) is 17.4 Å². The Morgan fingerprint density at radius 1 is 1.20 bits per heavy atom. The molecule has 1 heterocycles. The quantitative estimate of drug-likeness (QED) is 0.809. The molecular weight excluding hydrogens is 314 g/mol. The van der Waals surface area contributed by atoms with Gasteiger partial charge in [0.25, 0.3) is 0 Å². The average molecular weight is 335 g/mol. The number of hydrogen-bond acceptors (Lipinski definition) is 3. The summed E-state index contributed by atoms with van der Waals surface area (Å²) in [5.41, 5.74) is 4.40. The topological polar surface area (TPSA) is 58.6 Å². The number of aromatic carboxylic acids is 1. The zero-order valence-corrected chi connectivity index (χ0v) is 14.3. The molecule has 128 valence electrons. The Morgan fingerprint density at radius 3 is 2.76 bits per heavy atom. The maximum absolute atomic E-state index is 11.5. The Balaban J connectivity index is 1.86. The second-order valence-electron chi connectivity index (χ2n) is 6.72. The zero-order chi connectivity index (χ0) is 17.6. The van der Waals surface area contributed by atoms with Crippen LogP contribution in [0, 0.1) is 12.8 Å². The molecule has 2 aromatic carbocycles. The first kappa shape index (κ1) is 15.8. The van der Waals surface area contributed by atoms with Crippen LogP contribution in [0.5, 0.6) is 5.75 Å². The van der Waals surface area contributed by atoms with Crippen molar-refractivity contribution in [3.8, 4) is 5.75 Å². The first-order valence-electron chi connectivity index (χ1n) is 8.54. The largest absolute Gasteiger partial charge is 0.496 e. The van der Waals surface area contributed by atoms with Gasteiger partial charge in [0.1, 0.15) is 5.75 Å². The lowest BCUT2D eigenvalue weighted by atomic mass is 9.75. The van der Waals surface area contributed by atoms with Gasteiger partial charge in [-0.1, -0.05) is 36.4 Å². The van der Waals surface area contributed by atoms with E-state index in [1.54, 1.807) is 13.2 Å². The van der Waals surface area contributed by atoms with Crippen molar-refractivity contribution < 1.29 is 14.6 Å². The van der Waals surface area contributed by atoms with E-state index in [2.05, 4.69) is 23.5 Å². The SMILES string of the molecule is COc1ccccc1[C@@H]1Nc2c(ccc(C(=O)O)c2C)[C@@H]2C=CC[C@@H]21. The normalized spacial score (nSPS) is 23.5. The van der Waals surface area contributed by atoms with Crippen LogP contribution in [-0.2, 0) is 0 Å². The molecule has 0 aromatic heterocycles. The number of carboxylic acid groups (broad SMARTS) is 1. The van der Waals surface area contributed by atoms with E-state index in [1.807, 2.05) is 31.2 Å². The van der Waals surface area contributed by atoms with E-state index in [4.69, 9.17) is 4.74 Å². The molecule has 2 N–H and O–H groups in total. The monoisotopic (exact) mass is 335 g/mol. The minimum atomic E-state index is -0.889.